The van der Waals surface area contributed by atoms with Crippen LogP contribution < -0.4 is 33.9 Å². The SMILES string of the molecule is C[n+]1ccccc1C(=O)NCc1ccc(Cl)cc1Cl.[I-]. The van der Waals surface area contributed by atoms with Crippen molar-refractivity contribution in [3.63, 3.8) is 0 Å². The molecule has 0 aliphatic heterocycles. The van der Waals surface area contributed by atoms with E-state index in [0.717, 1.165) is 5.56 Å². The van der Waals surface area contributed by atoms with E-state index in [-0.39, 0.29) is 29.9 Å². The number of benzene rings is 1. The minimum atomic E-state index is -0.144. The van der Waals surface area contributed by atoms with Crippen LogP contribution in [0.1, 0.15) is 16.1 Å². The molecule has 0 fully saturated rings. The lowest BCUT2D eigenvalue weighted by Gasteiger charge is -2.06. The Morgan fingerprint density at radius 3 is 2.65 bits per heavy atom. The number of carbonyl (C=O) groups excluding carboxylic acids is 1. The third-order valence-electron chi connectivity index (χ3n) is 2.74. The molecule has 0 saturated heterocycles. The number of aromatic nitrogens is 1. The fourth-order valence-electron chi connectivity index (χ4n) is 1.69. The summed E-state index contributed by atoms with van der Waals surface area (Å²) in [6.07, 6.45) is 1.82. The molecule has 2 rings (SSSR count). The van der Waals surface area contributed by atoms with Gasteiger partial charge in [-0.25, -0.2) is 0 Å². The maximum Gasteiger partial charge on any atom is 0.316 e. The van der Waals surface area contributed by atoms with Crippen molar-refractivity contribution in [2.75, 3.05) is 0 Å². The van der Waals surface area contributed by atoms with E-state index < -0.39 is 0 Å². The van der Waals surface area contributed by atoms with Gasteiger partial charge in [0.1, 0.15) is 7.05 Å². The lowest BCUT2D eigenvalue weighted by molar-refractivity contribution is -0.673. The third-order valence-corrected chi connectivity index (χ3v) is 3.33. The van der Waals surface area contributed by atoms with Crippen molar-refractivity contribution in [1.82, 2.24) is 5.32 Å². The molecule has 0 atom stereocenters. The van der Waals surface area contributed by atoms with Crippen molar-refractivity contribution in [3.05, 3.63) is 63.9 Å². The topological polar surface area (TPSA) is 33.0 Å². The van der Waals surface area contributed by atoms with E-state index in [0.29, 0.717) is 22.3 Å². The Morgan fingerprint density at radius 2 is 2.00 bits per heavy atom. The van der Waals surface area contributed by atoms with E-state index in [9.17, 15) is 4.79 Å². The van der Waals surface area contributed by atoms with Crippen molar-refractivity contribution >= 4 is 29.1 Å². The highest BCUT2D eigenvalue weighted by Gasteiger charge is 2.15. The van der Waals surface area contributed by atoms with Gasteiger partial charge in [0, 0.05) is 28.7 Å². The molecule has 20 heavy (non-hydrogen) atoms. The number of aryl methyl sites for hydroxylation is 1. The minimum Gasteiger partial charge on any atom is -1.00 e. The highest BCUT2D eigenvalue weighted by molar-refractivity contribution is 6.35. The lowest BCUT2D eigenvalue weighted by atomic mass is 10.2. The summed E-state index contributed by atoms with van der Waals surface area (Å²) < 4.78 is 1.76. The molecule has 0 radical (unpaired) electrons. The van der Waals surface area contributed by atoms with Crippen LogP contribution in [-0.2, 0) is 13.6 Å². The molecule has 0 spiro atoms. The van der Waals surface area contributed by atoms with E-state index in [4.69, 9.17) is 23.2 Å². The fourth-order valence-corrected chi connectivity index (χ4v) is 2.17. The summed E-state index contributed by atoms with van der Waals surface area (Å²) in [5.41, 5.74) is 1.42. The van der Waals surface area contributed by atoms with Crippen LogP contribution in [0.2, 0.25) is 10.0 Å². The number of pyridine rings is 1. The van der Waals surface area contributed by atoms with Crippen LogP contribution in [-0.4, -0.2) is 5.91 Å². The van der Waals surface area contributed by atoms with Crippen LogP contribution in [0.5, 0.6) is 0 Å². The zero-order chi connectivity index (χ0) is 13.8. The molecule has 1 heterocycles. The van der Waals surface area contributed by atoms with E-state index in [1.54, 1.807) is 28.8 Å². The molecular weight excluding hydrogens is 410 g/mol. The molecule has 0 aliphatic carbocycles. The van der Waals surface area contributed by atoms with Gasteiger partial charge in [-0.05, 0) is 23.8 Å². The van der Waals surface area contributed by atoms with E-state index in [2.05, 4.69) is 5.32 Å². The Hall–Kier alpha value is -0.850. The molecule has 1 N–H and O–H groups in total. The van der Waals surface area contributed by atoms with Crippen LogP contribution in [0.15, 0.2) is 42.6 Å². The Morgan fingerprint density at radius 1 is 1.25 bits per heavy atom. The van der Waals surface area contributed by atoms with Gasteiger partial charge in [-0.3, -0.25) is 4.79 Å². The monoisotopic (exact) mass is 422 g/mol. The summed E-state index contributed by atoms with van der Waals surface area (Å²) in [6.45, 7) is 0.365. The summed E-state index contributed by atoms with van der Waals surface area (Å²) in [4.78, 5) is 12.0. The van der Waals surface area contributed by atoms with Crippen LogP contribution in [0, 0.1) is 0 Å². The second kappa shape index (κ2) is 7.81. The zero-order valence-corrected chi connectivity index (χ0v) is 14.4. The fraction of sp³-hybridized carbons (Fsp3) is 0.143. The quantitative estimate of drug-likeness (QED) is 0.537. The maximum atomic E-state index is 12.0. The number of halogens is 3. The average molecular weight is 423 g/mol. The van der Waals surface area contributed by atoms with Crippen molar-refractivity contribution in [3.8, 4) is 0 Å². The molecule has 0 aliphatic rings. The Labute approximate surface area is 144 Å². The summed E-state index contributed by atoms with van der Waals surface area (Å²) in [5, 5.41) is 3.95. The van der Waals surface area contributed by atoms with Gasteiger partial charge >= 0.3 is 5.91 Å². The molecular formula is C14H13Cl2IN2O. The van der Waals surface area contributed by atoms with Gasteiger partial charge in [0.25, 0.3) is 5.69 Å². The largest absolute Gasteiger partial charge is 1.00 e. The first-order valence-corrected chi connectivity index (χ1v) is 6.50. The molecule has 0 saturated carbocycles. The third kappa shape index (κ3) is 4.33. The lowest BCUT2D eigenvalue weighted by Crippen LogP contribution is -3.00. The van der Waals surface area contributed by atoms with Crippen LogP contribution in [0.4, 0.5) is 0 Å². The van der Waals surface area contributed by atoms with Crippen molar-refractivity contribution in [1.29, 1.82) is 0 Å². The number of hydrogen-bond acceptors (Lipinski definition) is 1. The first-order chi connectivity index (χ1) is 9.08. The van der Waals surface area contributed by atoms with Gasteiger partial charge in [0.05, 0.1) is 0 Å². The zero-order valence-electron chi connectivity index (χ0n) is 10.7. The second-order valence-electron chi connectivity index (χ2n) is 4.12. The average Bonchev–Trinajstić information content (AvgIpc) is 2.38. The maximum absolute atomic E-state index is 12.0. The van der Waals surface area contributed by atoms with Crippen molar-refractivity contribution in [2.24, 2.45) is 7.05 Å². The van der Waals surface area contributed by atoms with E-state index in [1.807, 2.05) is 25.4 Å². The summed E-state index contributed by atoms with van der Waals surface area (Å²) in [6, 6.07) is 10.7. The summed E-state index contributed by atoms with van der Waals surface area (Å²) in [5.74, 6) is -0.144. The highest BCUT2D eigenvalue weighted by atomic mass is 127. The first kappa shape index (κ1) is 17.2. The number of rotatable bonds is 3. The van der Waals surface area contributed by atoms with Gasteiger partial charge in [-0.1, -0.05) is 29.3 Å². The number of nitrogens with one attached hydrogen (secondary N) is 1. The van der Waals surface area contributed by atoms with Crippen LogP contribution in [0.25, 0.3) is 0 Å². The van der Waals surface area contributed by atoms with E-state index >= 15 is 0 Å². The van der Waals surface area contributed by atoms with Gasteiger partial charge in [0.2, 0.25) is 0 Å². The molecule has 0 bridgehead atoms. The van der Waals surface area contributed by atoms with Gasteiger partial charge in [-0.15, -0.1) is 0 Å². The highest BCUT2D eigenvalue weighted by Crippen LogP contribution is 2.20. The Bertz CT molecular complexity index is 620. The number of carbonyl (C=O) groups is 1. The number of hydrogen-bond donors (Lipinski definition) is 1. The minimum absolute atomic E-state index is 0. The van der Waals surface area contributed by atoms with Gasteiger partial charge < -0.3 is 29.3 Å². The first-order valence-electron chi connectivity index (χ1n) is 5.74. The molecule has 2 aromatic rings. The normalized spacial score (nSPS) is 9.75. The molecule has 106 valence electrons. The standard InChI is InChI=1S/C14H12Cl2N2O.HI/c1-18-7-3-2-4-13(18)14(19)17-9-10-5-6-11(15)8-12(10)16;/h2-8H,9H2,1H3;1H. The van der Waals surface area contributed by atoms with Gasteiger partial charge in [0.15, 0.2) is 6.20 Å². The van der Waals surface area contributed by atoms with Crippen molar-refractivity contribution in [2.45, 2.75) is 6.54 Å². The second-order valence-corrected chi connectivity index (χ2v) is 4.96. The smallest absolute Gasteiger partial charge is 0.316 e. The molecule has 1 aromatic heterocycles. The van der Waals surface area contributed by atoms with E-state index in [1.165, 1.54) is 0 Å². The Balaban J connectivity index is 0.00000200. The van der Waals surface area contributed by atoms with Crippen molar-refractivity contribution < 1.29 is 33.3 Å². The predicted octanol–water partition coefficient (Wildman–Crippen LogP) is -0.248. The molecule has 1 amide bonds. The summed E-state index contributed by atoms with van der Waals surface area (Å²) in [7, 11) is 1.82. The molecule has 0 unspecified atom stereocenters. The number of nitrogens with zero attached hydrogens (tertiary/aromatic N) is 1. The molecule has 3 nitrogen and oxygen atoms in total. The van der Waals surface area contributed by atoms with Crippen LogP contribution in [0.3, 0.4) is 0 Å². The molecule has 1 aromatic carbocycles. The van der Waals surface area contributed by atoms with Gasteiger partial charge in [-0.2, -0.15) is 4.57 Å². The summed E-state index contributed by atoms with van der Waals surface area (Å²) >= 11 is 11.9. The predicted molar refractivity (Wildman–Crippen MR) is 75.3 cm³/mol. The molecule has 6 heteroatoms. The Kier molecular flexibility index (Phi) is 6.71. The number of amides is 1. The van der Waals surface area contributed by atoms with Crippen LogP contribution >= 0.6 is 23.2 Å².